The summed E-state index contributed by atoms with van der Waals surface area (Å²) in [7, 11) is 1.53. The number of imidazole rings is 1. The number of hydrogen-bond donors (Lipinski definition) is 2. The molecule has 3 aromatic rings. The van der Waals surface area contributed by atoms with Crippen LogP contribution in [0.2, 0.25) is 0 Å². The number of likely N-dealkylation sites (tertiary alicyclic amines) is 1. The summed E-state index contributed by atoms with van der Waals surface area (Å²) in [6.07, 6.45) is 4.93. The first kappa shape index (κ1) is 23.6. The molecular formula is C24H31N7O3. The Morgan fingerprint density at radius 1 is 1.21 bits per heavy atom. The standard InChI is InChI=1S/C24H31N7O3/c1-24(2,3)21(23(34)30-13-18(32)10-20(30)22(33)25-4)31-12-17(27-28-31)11-29-14-19(26-15-29)16-8-6-5-7-9-16/h5-9,12,14-15,18,20-21,32H,10-11,13H2,1-4H3,(H,25,33)/t18-,20+,21-/m1/s1. The van der Waals surface area contributed by atoms with Gasteiger partial charge in [-0.15, -0.1) is 5.10 Å². The Morgan fingerprint density at radius 3 is 2.62 bits per heavy atom. The van der Waals surface area contributed by atoms with Crippen LogP contribution in [0.4, 0.5) is 0 Å². The highest BCUT2D eigenvalue weighted by atomic mass is 16.3. The smallest absolute Gasteiger partial charge is 0.248 e. The number of carbonyl (C=O) groups is 2. The predicted octanol–water partition coefficient (Wildman–Crippen LogP) is 1.48. The fourth-order valence-electron chi connectivity index (χ4n) is 4.41. The van der Waals surface area contributed by atoms with E-state index in [0.29, 0.717) is 12.2 Å². The maximum Gasteiger partial charge on any atom is 0.248 e. The third-order valence-electron chi connectivity index (χ3n) is 6.04. The molecule has 2 amide bonds. The molecule has 2 N–H and O–H groups in total. The summed E-state index contributed by atoms with van der Waals surface area (Å²) < 4.78 is 3.49. The Labute approximate surface area is 198 Å². The number of benzene rings is 1. The Morgan fingerprint density at radius 2 is 1.94 bits per heavy atom. The van der Waals surface area contributed by atoms with Gasteiger partial charge in [0.2, 0.25) is 11.8 Å². The molecule has 3 heterocycles. The third kappa shape index (κ3) is 4.86. The fourth-order valence-corrected chi connectivity index (χ4v) is 4.41. The topological polar surface area (TPSA) is 118 Å². The molecule has 10 nitrogen and oxygen atoms in total. The van der Waals surface area contributed by atoms with Gasteiger partial charge in [-0.25, -0.2) is 9.67 Å². The van der Waals surface area contributed by atoms with E-state index in [4.69, 9.17) is 0 Å². The summed E-state index contributed by atoms with van der Waals surface area (Å²) in [6, 6.07) is 8.52. The minimum Gasteiger partial charge on any atom is -0.391 e. The highest BCUT2D eigenvalue weighted by Gasteiger charge is 2.45. The summed E-state index contributed by atoms with van der Waals surface area (Å²) in [5, 5.41) is 21.3. The molecule has 34 heavy (non-hydrogen) atoms. The van der Waals surface area contributed by atoms with Crippen LogP contribution in [0, 0.1) is 5.41 Å². The highest BCUT2D eigenvalue weighted by Crippen LogP contribution is 2.34. The Balaban J connectivity index is 1.55. The normalized spacial score (nSPS) is 19.3. The van der Waals surface area contributed by atoms with Gasteiger partial charge in [-0.3, -0.25) is 9.59 Å². The van der Waals surface area contributed by atoms with Crippen LogP contribution < -0.4 is 5.32 Å². The number of likely N-dealkylation sites (N-methyl/N-ethyl adjacent to an activating group) is 1. The first-order chi connectivity index (χ1) is 16.2. The number of β-amino-alcohol motifs (C(OH)–C–C–N with tert-alkyl or cyclic N) is 1. The van der Waals surface area contributed by atoms with Crippen molar-refractivity contribution in [3.8, 4) is 11.3 Å². The summed E-state index contributed by atoms with van der Waals surface area (Å²) in [5.74, 6) is -0.547. The second-order valence-corrected chi connectivity index (χ2v) is 9.77. The lowest BCUT2D eigenvalue weighted by atomic mass is 9.85. The van der Waals surface area contributed by atoms with Crippen LogP contribution in [0.25, 0.3) is 11.3 Å². The molecule has 1 aliphatic rings. The van der Waals surface area contributed by atoms with E-state index in [2.05, 4.69) is 20.6 Å². The van der Waals surface area contributed by atoms with E-state index in [9.17, 15) is 14.7 Å². The Kier molecular flexibility index (Phi) is 6.52. The molecular weight excluding hydrogens is 434 g/mol. The molecule has 0 aliphatic carbocycles. The van der Waals surface area contributed by atoms with Crippen molar-refractivity contribution >= 4 is 11.8 Å². The molecule has 10 heteroatoms. The summed E-state index contributed by atoms with van der Waals surface area (Å²) in [4.78, 5) is 31.9. The quantitative estimate of drug-likeness (QED) is 0.569. The number of aromatic nitrogens is 5. The minimum atomic E-state index is -0.738. The molecule has 180 valence electrons. The van der Waals surface area contributed by atoms with Gasteiger partial charge in [-0.05, 0) is 5.41 Å². The van der Waals surface area contributed by atoms with E-state index >= 15 is 0 Å². The van der Waals surface area contributed by atoms with Crippen molar-refractivity contribution in [3.63, 3.8) is 0 Å². The number of aliphatic hydroxyl groups is 1. The van der Waals surface area contributed by atoms with Gasteiger partial charge >= 0.3 is 0 Å². The van der Waals surface area contributed by atoms with Crippen LogP contribution in [-0.4, -0.2) is 72.1 Å². The molecule has 1 aliphatic heterocycles. The molecule has 4 rings (SSSR count). The predicted molar refractivity (Wildman–Crippen MR) is 125 cm³/mol. The lowest BCUT2D eigenvalue weighted by Gasteiger charge is -2.34. The Bertz CT molecular complexity index is 1150. The number of nitrogens with zero attached hydrogens (tertiary/aromatic N) is 6. The maximum atomic E-state index is 13.6. The fraction of sp³-hybridized carbons (Fsp3) is 0.458. The highest BCUT2D eigenvalue weighted by molar-refractivity contribution is 5.90. The molecule has 2 aromatic heterocycles. The lowest BCUT2D eigenvalue weighted by molar-refractivity contribution is -0.144. The largest absolute Gasteiger partial charge is 0.391 e. The van der Waals surface area contributed by atoms with Crippen molar-refractivity contribution in [2.75, 3.05) is 13.6 Å². The van der Waals surface area contributed by atoms with Gasteiger partial charge < -0.3 is 19.9 Å². The number of carbonyl (C=O) groups excluding carboxylic acids is 2. The monoisotopic (exact) mass is 465 g/mol. The van der Waals surface area contributed by atoms with Gasteiger partial charge in [-0.2, -0.15) is 0 Å². The number of aliphatic hydroxyl groups excluding tert-OH is 1. The minimum absolute atomic E-state index is 0.113. The van der Waals surface area contributed by atoms with E-state index in [1.54, 1.807) is 17.2 Å². The van der Waals surface area contributed by atoms with Gasteiger partial charge in [0, 0.05) is 31.8 Å². The van der Waals surface area contributed by atoms with Gasteiger partial charge in [-0.1, -0.05) is 56.3 Å². The van der Waals surface area contributed by atoms with Crippen LogP contribution in [0.5, 0.6) is 0 Å². The van der Waals surface area contributed by atoms with Crippen LogP contribution in [0.15, 0.2) is 49.1 Å². The summed E-state index contributed by atoms with van der Waals surface area (Å²) >= 11 is 0. The van der Waals surface area contributed by atoms with Crippen molar-refractivity contribution in [1.82, 2.24) is 34.8 Å². The van der Waals surface area contributed by atoms with Gasteiger partial charge in [0.15, 0.2) is 0 Å². The van der Waals surface area contributed by atoms with Crippen molar-refractivity contribution in [1.29, 1.82) is 0 Å². The number of nitrogens with one attached hydrogen (secondary N) is 1. The molecule has 1 fully saturated rings. The average Bonchev–Trinajstić information content (AvgIpc) is 3.54. The molecule has 3 atom stereocenters. The van der Waals surface area contributed by atoms with E-state index in [1.165, 1.54) is 11.9 Å². The SMILES string of the molecule is CNC(=O)[C@@H]1C[C@@H](O)CN1C(=O)[C@@H](n1cc(Cn2cnc(-c3ccccc3)c2)nn1)C(C)(C)C. The molecule has 0 spiro atoms. The average molecular weight is 466 g/mol. The second kappa shape index (κ2) is 9.38. The van der Waals surface area contributed by atoms with Crippen LogP contribution in [0.1, 0.15) is 38.9 Å². The zero-order valence-electron chi connectivity index (χ0n) is 19.9. The van der Waals surface area contributed by atoms with Crippen LogP contribution >= 0.6 is 0 Å². The van der Waals surface area contributed by atoms with Crippen molar-refractivity contribution in [3.05, 3.63) is 54.7 Å². The number of rotatable bonds is 6. The van der Waals surface area contributed by atoms with Gasteiger partial charge in [0.25, 0.3) is 0 Å². The number of amides is 2. The zero-order chi connectivity index (χ0) is 24.5. The second-order valence-electron chi connectivity index (χ2n) is 9.77. The molecule has 0 bridgehead atoms. The summed E-state index contributed by atoms with van der Waals surface area (Å²) in [6.45, 7) is 6.40. The zero-order valence-corrected chi connectivity index (χ0v) is 19.9. The number of hydrogen-bond acceptors (Lipinski definition) is 6. The third-order valence-corrected chi connectivity index (χ3v) is 6.04. The molecule has 0 unspecified atom stereocenters. The van der Waals surface area contributed by atoms with E-state index < -0.39 is 23.6 Å². The molecule has 0 saturated carbocycles. The van der Waals surface area contributed by atoms with Crippen molar-refractivity contribution in [2.24, 2.45) is 5.41 Å². The van der Waals surface area contributed by atoms with E-state index in [-0.39, 0.29) is 24.8 Å². The van der Waals surface area contributed by atoms with Gasteiger partial charge in [0.1, 0.15) is 17.8 Å². The maximum absolute atomic E-state index is 13.6. The molecule has 1 saturated heterocycles. The van der Waals surface area contributed by atoms with E-state index in [0.717, 1.165) is 11.3 Å². The van der Waals surface area contributed by atoms with Crippen LogP contribution in [0.3, 0.4) is 0 Å². The summed E-state index contributed by atoms with van der Waals surface area (Å²) in [5.41, 5.74) is 2.08. The van der Waals surface area contributed by atoms with Crippen molar-refractivity contribution in [2.45, 2.75) is 51.9 Å². The first-order valence-electron chi connectivity index (χ1n) is 11.4. The van der Waals surface area contributed by atoms with Crippen LogP contribution in [-0.2, 0) is 16.1 Å². The Hall–Kier alpha value is -3.53. The lowest BCUT2D eigenvalue weighted by Crippen LogP contribution is -2.49. The van der Waals surface area contributed by atoms with Gasteiger partial charge in [0.05, 0.1) is 30.9 Å². The first-order valence-corrected chi connectivity index (χ1v) is 11.4. The van der Waals surface area contributed by atoms with Crippen molar-refractivity contribution < 1.29 is 14.7 Å². The van der Waals surface area contributed by atoms with E-state index in [1.807, 2.05) is 61.9 Å². The molecule has 1 aromatic carbocycles. The molecule has 0 radical (unpaired) electrons.